The van der Waals surface area contributed by atoms with Crippen LogP contribution in [-0.2, 0) is 22.5 Å². The van der Waals surface area contributed by atoms with Crippen molar-refractivity contribution in [2.75, 3.05) is 7.11 Å². The molecule has 0 aliphatic heterocycles. The van der Waals surface area contributed by atoms with Crippen molar-refractivity contribution in [3.05, 3.63) is 78.0 Å². The third-order valence-corrected chi connectivity index (χ3v) is 4.28. The van der Waals surface area contributed by atoms with Crippen LogP contribution >= 0.6 is 0 Å². The summed E-state index contributed by atoms with van der Waals surface area (Å²) in [6.07, 6.45) is 1.34. The summed E-state index contributed by atoms with van der Waals surface area (Å²) >= 11 is 0. The van der Waals surface area contributed by atoms with E-state index in [0.717, 1.165) is 22.5 Å². The number of esters is 1. The first-order valence-corrected chi connectivity index (χ1v) is 8.71. The molecule has 26 heavy (non-hydrogen) atoms. The molecule has 0 radical (unpaired) electrons. The zero-order chi connectivity index (χ0) is 18.2. The molecular weight excluding hydrogens is 326 g/mol. The Morgan fingerprint density at radius 1 is 1.12 bits per heavy atom. The third kappa shape index (κ3) is 4.80. The van der Waals surface area contributed by atoms with Gasteiger partial charge in [-0.3, -0.25) is 9.89 Å². The quantitative estimate of drug-likeness (QED) is 0.612. The molecule has 0 saturated carbocycles. The van der Waals surface area contributed by atoms with Crippen LogP contribution in [0.25, 0.3) is 11.3 Å². The highest BCUT2D eigenvalue weighted by atomic mass is 16.5. The van der Waals surface area contributed by atoms with E-state index in [0.29, 0.717) is 19.4 Å². The van der Waals surface area contributed by atoms with Crippen LogP contribution in [0.1, 0.15) is 17.7 Å². The van der Waals surface area contributed by atoms with Gasteiger partial charge in [0.2, 0.25) is 0 Å². The molecule has 5 nitrogen and oxygen atoms in total. The van der Waals surface area contributed by atoms with Crippen molar-refractivity contribution >= 4 is 5.97 Å². The number of hydrogen-bond donors (Lipinski definition) is 2. The van der Waals surface area contributed by atoms with Crippen LogP contribution in [0.4, 0.5) is 0 Å². The number of aryl methyl sites for hydroxylation is 1. The van der Waals surface area contributed by atoms with Gasteiger partial charge in [0.25, 0.3) is 0 Å². The molecule has 1 aromatic heterocycles. The zero-order valence-corrected chi connectivity index (χ0v) is 14.8. The normalized spacial score (nSPS) is 11.9. The molecule has 0 unspecified atom stereocenters. The van der Waals surface area contributed by atoms with Gasteiger partial charge in [-0.2, -0.15) is 5.10 Å². The number of ether oxygens (including phenoxy) is 1. The molecule has 0 fully saturated rings. The van der Waals surface area contributed by atoms with Gasteiger partial charge in [0.15, 0.2) is 0 Å². The van der Waals surface area contributed by atoms with Crippen molar-refractivity contribution in [2.45, 2.75) is 25.4 Å². The van der Waals surface area contributed by atoms with Crippen LogP contribution in [-0.4, -0.2) is 29.3 Å². The monoisotopic (exact) mass is 349 g/mol. The number of H-pyrrole nitrogens is 1. The Morgan fingerprint density at radius 3 is 2.50 bits per heavy atom. The zero-order valence-electron chi connectivity index (χ0n) is 14.8. The van der Waals surface area contributed by atoms with Crippen LogP contribution in [0.5, 0.6) is 0 Å². The van der Waals surface area contributed by atoms with E-state index >= 15 is 0 Å². The summed E-state index contributed by atoms with van der Waals surface area (Å²) in [7, 11) is 1.42. The summed E-state index contributed by atoms with van der Waals surface area (Å²) in [5.41, 5.74) is 4.11. The second kappa shape index (κ2) is 8.97. The topological polar surface area (TPSA) is 67.0 Å². The Labute approximate surface area is 153 Å². The number of benzene rings is 2. The lowest BCUT2D eigenvalue weighted by Gasteiger charge is -2.16. The maximum absolute atomic E-state index is 12.1. The van der Waals surface area contributed by atoms with Gasteiger partial charge >= 0.3 is 5.97 Å². The maximum atomic E-state index is 12.1. The summed E-state index contributed by atoms with van der Waals surface area (Å²) in [6.45, 7) is 0.624. The van der Waals surface area contributed by atoms with Crippen LogP contribution in [0.2, 0.25) is 0 Å². The fourth-order valence-corrected chi connectivity index (χ4v) is 2.83. The minimum atomic E-state index is -0.358. The number of aromatic nitrogens is 2. The molecule has 3 aromatic rings. The first kappa shape index (κ1) is 17.9. The molecule has 3 rings (SSSR count). The van der Waals surface area contributed by atoms with Crippen molar-refractivity contribution in [1.29, 1.82) is 0 Å². The first-order chi connectivity index (χ1) is 12.8. The molecule has 0 spiro atoms. The van der Waals surface area contributed by atoms with Gasteiger partial charge in [-0.15, -0.1) is 0 Å². The fourth-order valence-electron chi connectivity index (χ4n) is 2.83. The lowest BCUT2D eigenvalue weighted by molar-refractivity contribution is -0.143. The minimum Gasteiger partial charge on any atom is -0.468 e. The Morgan fingerprint density at radius 2 is 1.81 bits per heavy atom. The summed E-state index contributed by atoms with van der Waals surface area (Å²) in [5.74, 6) is -0.247. The summed E-state index contributed by atoms with van der Waals surface area (Å²) < 4.78 is 4.94. The molecule has 1 atom stereocenters. The molecule has 2 aromatic carbocycles. The molecule has 2 N–H and O–H groups in total. The van der Waals surface area contributed by atoms with Gasteiger partial charge in [-0.1, -0.05) is 60.7 Å². The molecule has 134 valence electrons. The van der Waals surface area contributed by atoms with Crippen molar-refractivity contribution < 1.29 is 9.53 Å². The average Bonchev–Trinajstić information content (AvgIpc) is 3.18. The second-order valence-electron chi connectivity index (χ2n) is 6.13. The number of aromatic amines is 1. The largest absolute Gasteiger partial charge is 0.468 e. The first-order valence-electron chi connectivity index (χ1n) is 8.71. The Hall–Kier alpha value is -2.92. The predicted octanol–water partition coefficient (Wildman–Crippen LogP) is 3.34. The molecular formula is C21H23N3O2. The summed E-state index contributed by atoms with van der Waals surface area (Å²) in [6, 6.07) is 21.7. The van der Waals surface area contributed by atoms with Crippen LogP contribution in [0, 0.1) is 0 Å². The van der Waals surface area contributed by atoms with Gasteiger partial charge in [-0.25, -0.2) is 0 Å². The highest BCUT2D eigenvalue weighted by Gasteiger charge is 2.19. The minimum absolute atomic E-state index is 0.247. The maximum Gasteiger partial charge on any atom is 0.322 e. The highest BCUT2D eigenvalue weighted by Crippen LogP contribution is 2.18. The van der Waals surface area contributed by atoms with Gasteiger partial charge in [-0.05, 0) is 24.5 Å². The lowest BCUT2D eigenvalue weighted by Crippen LogP contribution is -2.37. The van der Waals surface area contributed by atoms with Crippen molar-refractivity contribution in [3.8, 4) is 11.3 Å². The van der Waals surface area contributed by atoms with E-state index in [1.54, 1.807) is 0 Å². The van der Waals surface area contributed by atoms with Crippen LogP contribution < -0.4 is 5.32 Å². The van der Waals surface area contributed by atoms with E-state index in [1.165, 1.54) is 7.11 Å². The molecule has 0 aliphatic rings. The van der Waals surface area contributed by atoms with E-state index in [1.807, 2.05) is 66.7 Å². The summed E-state index contributed by atoms with van der Waals surface area (Å²) in [5, 5.41) is 10.7. The molecule has 0 aliphatic carbocycles. The second-order valence-corrected chi connectivity index (χ2v) is 6.13. The average molecular weight is 349 g/mol. The SMILES string of the molecule is COC(=O)[C@@H](CCc1cc(-c2ccccc2)n[nH]1)NCc1ccccc1. The number of methoxy groups -OCH3 is 1. The van der Waals surface area contributed by atoms with Gasteiger partial charge in [0.05, 0.1) is 12.8 Å². The van der Waals surface area contributed by atoms with Crippen LogP contribution in [0.3, 0.4) is 0 Å². The van der Waals surface area contributed by atoms with Crippen molar-refractivity contribution in [1.82, 2.24) is 15.5 Å². The number of carbonyl (C=O) groups is 1. The molecule has 5 heteroatoms. The van der Waals surface area contributed by atoms with Gasteiger partial charge < -0.3 is 10.1 Å². The molecule has 1 heterocycles. The number of nitrogens with zero attached hydrogens (tertiary/aromatic N) is 1. The third-order valence-electron chi connectivity index (χ3n) is 4.28. The molecule has 0 bridgehead atoms. The summed E-state index contributed by atoms with van der Waals surface area (Å²) in [4.78, 5) is 12.1. The van der Waals surface area contributed by atoms with E-state index in [9.17, 15) is 4.79 Å². The molecule has 0 amide bonds. The van der Waals surface area contributed by atoms with Crippen LogP contribution in [0.15, 0.2) is 66.7 Å². The van der Waals surface area contributed by atoms with E-state index < -0.39 is 0 Å². The number of rotatable bonds is 8. The standard InChI is InChI=1S/C21H23N3O2/c1-26-21(25)19(22-15-16-8-4-2-5-9-16)13-12-18-14-20(24-23-18)17-10-6-3-7-11-17/h2-11,14,19,22H,12-13,15H2,1H3,(H,23,24)/t19-/m1/s1. The number of hydrogen-bond acceptors (Lipinski definition) is 4. The Bertz CT molecular complexity index is 816. The van der Waals surface area contributed by atoms with Gasteiger partial charge in [0.1, 0.15) is 6.04 Å². The lowest BCUT2D eigenvalue weighted by atomic mass is 10.1. The highest BCUT2D eigenvalue weighted by molar-refractivity contribution is 5.75. The predicted molar refractivity (Wildman–Crippen MR) is 101 cm³/mol. The van der Waals surface area contributed by atoms with E-state index in [4.69, 9.17) is 4.74 Å². The number of carbonyl (C=O) groups excluding carboxylic acids is 1. The number of nitrogens with one attached hydrogen (secondary N) is 2. The Balaban J connectivity index is 1.59. The van der Waals surface area contributed by atoms with Gasteiger partial charge in [0, 0.05) is 17.8 Å². The smallest absolute Gasteiger partial charge is 0.322 e. The van der Waals surface area contributed by atoms with E-state index in [-0.39, 0.29) is 12.0 Å². The van der Waals surface area contributed by atoms with E-state index in [2.05, 4.69) is 15.5 Å². The fraction of sp³-hybridized carbons (Fsp3) is 0.238. The van der Waals surface area contributed by atoms with Crippen molar-refractivity contribution in [2.24, 2.45) is 0 Å². The van der Waals surface area contributed by atoms with Crippen molar-refractivity contribution in [3.63, 3.8) is 0 Å². The Kier molecular flexibility index (Phi) is 6.17. The molecule has 0 saturated heterocycles.